The van der Waals surface area contributed by atoms with Gasteiger partial charge in [0.15, 0.2) is 17.6 Å². The molecule has 1 fully saturated rings. The third-order valence-electron chi connectivity index (χ3n) is 7.94. The van der Waals surface area contributed by atoms with Crippen LogP contribution in [0.2, 0.25) is 0 Å². The van der Waals surface area contributed by atoms with Crippen LogP contribution in [-0.2, 0) is 29.1 Å². The van der Waals surface area contributed by atoms with Gasteiger partial charge in [-0.3, -0.25) is 9.59 Å². The summed E-state index contributed by atoms with van der Waals surface area (Å²) < 4.78 is 10.0. The molecule has 45 heavy (non-hydrogen) atoms. The van der Waals surface area contributed by atoms with Crippen LogP contribution in [0.25, 0.3) is 0 Å². The maximum Gasteiger partial charge on any atom is 0.315 e. The summed E-state index contributed by atoms with van der Waals surface area (Å²) in [5.41, 5.74) is 3.65. The third kappa shape index (κ3) is 8.49. The highest BCUT2D eigenvalue weighted by molar-refractivity contribution is 8.00. The fourth-order valence-corrected chi connectivity index (χ4v) is 6.48. The van der Waals surface area contributed by atoms with E-state index in [0.29, 0.717) is 18.0 Å². The molecule has 4 N–H and O–H groups in total. The van der Waals surface area contributed by atoms with Crippen LogP contribution in [-0.4, -0.2) is 70.9 Å². The minimum Gasteiger partial charge on any atom is -0.493 e. The van der Waals surface area contributed by atoms with E-state index < -0.39 is 34.9 Å². The first-order chi connectivity index (χ1) is 21.5. The Morgan fingerprint density at radius 1 is 0.933 bits per heavy atom. The van der Waals surface area contributed by atoms with E-state index in [2.05, 4.69) is 16.0 Å². The standard InChI is InChI=1S/C34H42N4O6S/c1-22-11-9-10-14-25(22)20-35-31(40)30-34(2,3)45-21-38(30)32(41)29(39)26(17-23-12-7-6-8-13-23)37-33(42)36-19-24-15-16-27(43-4)28(18-24)44-5/h6-16,18,26,29-30,39H,17,19-21H2,1-5H3,(H,35,40)(H2,36,37,42)/t26-,29-,30+/m0/s1. The summed E-state index contributed by atoms with van der Waals surface area (Å²) in [5.74, 6) is 0.415. The highest BCUT2D eigenvalue weighted by atomic mass is 32.2. The lowest BCUT2D eigenvalue weighted by Gasteiger charge is -2.33. The number of amides is 4. The van der Waals surface area contributed by atoms with Crippen LogP contribution < -0.4 is 25.4 Å². The molecule has 0 saturated carbocycles. The molecule has 240 valence electrons. The number of benzene rings is 3. The molecule has 0 aromatic heterocycles. The van der Waals surface area contributed by atoms with Gasteiger partial charge < -0.3 is 35.4 Å². The first kappa shape index (κ1) is 33.7. The van der Waals surface area contributed by atoms with E-state index in [4.69, 9.17) is 9.47 Å². The van der Waals surface area contributed by atoms with E-state index >= 15 is 0 Å². The van der Waals surface area contributed by atoms with Gasteiger partial charge in [0.1, 0.15) is 6.04 Å². The van der Waals surface area contributed by atoms with Crippen molar-refractivity contribution in [1.29, 1.82) is 0 Å². The Morgan fingerprint density at radius 2 is 1.62 bits per heavy atom. The topological polar surface area (TPSA) is 129 Å². The van der Waals surface area contributed by atoms with Gasteiger partial charge >= 0.3 is 6.03 Å². The second-order valence-electron chi connectivity index (χ2n) is 11.5. The van der Waals surface area contributed by atoms with Crippen molar-refractivity contribution in [3.8, 4) is 11.5 Å². The molecule has 0 radical (unpaired) electrons. The fourth-order valence-electron chi connectivity index (χ4n) is 5.34. The number of carbonyl (C=O) groups excluding carboxylic acids is 3. The van der Waals surface area contributed by atoms with Gasteiger partial charge in [-0.1, -0.05) is 60.7 Å². The quantitative estimate of drug-likeness (QED) is 0.239. The Hall–Kier alpha value is -4.22. The molecule has 11 heteroatoms. The molecule has 4 rings (SSSR count). The zero-order valence-electron chi connectivity index (χ0n) is 26.3. The number of aryl methyl sites for hydroxylation is 1. The van der Waals surface area contributed by atoms with Crippen molar-refractivity contribution >= 4 is 29.6 Å². The number of hydrogen-bond donors (Lipinski definition) is 4. The molecule has 0 aliphatic carbocycles. The summed E-state index contributed by atoms with van der Waals surface area (Å²) in [6.45, 7) is 6.31. The van der Waals surface area contributed by atoms with Crippen molar-refractivity contribution in [2.75, 3.05) is 20.1 Å². The van der Waals surface area contributed by atoms with Crippen LogP contribution in [0.4, 0.5) is 4.79 Å². The van der Waals surface area contributed by atoms with Crippen LogP contribution in [0.5, 0.6) is 11.5 Å². The van der Waals surface area contributed by atoms with Gasteiger partial charge in [0, 0.05) is 17.8 Å². The van der Waals surface area contributed by atoms with Gasteiger partial charge in [-0.05, 0) is 61.6 Å². The van der Waals surface area contributed by atoms with E-state index in [1.165, 1.54) is 23.8 Å². The largest absolute Gasteiger partial charge is 0.493 e. The van der Waals surface area contributed by atoms with Gasteiger partial charge in [0.05, 0.1) is 26.1 Å². The summed E-state index contributed by atoms with van der Waals surface area (Å²) in [4.78, 5) is 41.9. The van der Waals surface area contributed by atoms with Gasteiger partial charge in [-0.15, -0.1) is 11.8 Å². The Labute approximate surface area is 268 Å². The number of aliphatic hydroxyl groups excluding tert-OH is 1. The monoisotopic (exact) mass is 634 g/mol. The fraction of sp³-hybridized carbons (Fsp3) is 0.382. The number of rotatable bonds is 12. The summed E-state index contributed by atoms with van der Waals surface area (Å²) in [7, 11) is 3.08. The predicted molar refractivity (Wildman–Crippen MR) is 175 cm³/mol. The molecule has 1 saturated heterocycles. The summed E-state index contributed by atoms with van der Waals surface area (Å²) in [6.07, 6.45) is -1.40. The minimum absolute atomic E-state index is 0.175. The summed E-state index contributed by atoms with van der Waals surface area (Å²) in [6, 6.07) is 20.1. The lowest BCUT2D eigenvalue weighted by molar-refractivity contribution is -0.147. The van der Waals surface area contributed by atoms with Crippen LogP contribution in [0.3, 0.4) is 0 Å². The zero-order valence-corrected chi connectivity index (χ0v) is 27.1. The van der Waals surface area contributed by atoms with Crippen molar-refractivity contribution in [2.45, 2.75) is 63.2 Å². The molecular formula is C34H42N4O6S. The lowest BCUT2D eigenvalue weighted by atomic mass is 9.97. The van der Waals surface area contributed by atoms with Crippen molar-refractivity contribution in [2.24, 2.45) is 0 Å². The number of hydrogen-bond acceptors (Lipinski definition) is 7. The van der Waals surface area contributed by atoms with Gasteiger partial charge in [0.25, 0.3) is 5.91 Å². The number of urea groups is 1. The first-order valence-electron chi connectivity index (χ1n) is 14.8. The number of methoxy groups -OCH3 is 2. The molecule has 0 bridgehead atoms. The van der Waals surface area contributed by atoms with Crippen molar-refractivity contribution < 1.29 is 29.0 Å². The highest BCUT2D eigenvalue weighted by Gasteiger charge is 2.49. The molecule has 4 amide bonds. The maximum atomic E-state index is 13.9. The van der Waals surface area contributed by atoms with Crippen LogP contribution >= 0.6 is 11.8 Å². The molecule has 10 nitrogen and oxygen atoms in total. The zero-order chi connectivity index (χ0) is 32.6. The Kier molecular flexibility index (Phi) is 11.4. The van der Waals surface area contributed by atoms with E-state index in [-0.39, 0.29) is 24.7 Å². The molecule has 3 aromatic rings. The molecule has 3 atom stereocenters. The van der Waals surface area contributed by atoms with Crippen molar-refractivity contribution in [3.63, 3.8) is 0 Å². The van der Waals surface area contributed by atoms with Crippen LogP contribution in [0.15, 0.2) is 72.8 Å². The summed E-state index contributed by atoms with van der Waals surface area (Å²) in [5, 5.41) is 20.0. The molecule has 1 heterocycles. The van der Waals surface area contributed by atoms with Crippen LogP contribution in [0.1, 0.15) is 36.1 Å². The molecular weight excluding hydrogens is 592 g/mol. The van der Waals surface area contributed by atoms with Gasteiger partial charge in [0.2, 0.25) is 5.91 Å². The van der Waals surface area contributed by atoms with E-state index in [1.54, 1.807) is 25.3 Å². The second kappa shape index (κ2) is 15.2. The lowest BCUT2D eigenvalue weighted by Crippen LogP contribution is -2.59. The molecule has 3 aromatic carbocycles. The molecule has 0 spiro atoms. The van der Waals surface area contributed by atoms with E-state index in [1.807, 2.05) is 75.4 Å². The molecule has 1 aliphatic heterocycles. The van der Waals surface area contributed by atoms with E-state index in [9.17, 15) is 19.5 Å². The third-order valence-corrected chi connectivity index (χ3v) is 9.32. The highest BCUT2D eigenvalue weighted by Crippen LogP contribution is 2.40. The Morgan fingerprint density at radius 3 is 2.31 bits per heavy atom. The molecule has 1 aliphatic rings. The number of nitrogens with one attached hydrogen (secondary N) is 3. The predicted octanol–water partition coefficient (Wildman–Crippen LogP) is 3.78. The molecule has 0 unspecified atom stereocenters. The van der Waals surface area contributed by atoms with Crippen LogP contribution in [0, 0.1) is 6.92 Å². The number of aliphatic hydroxyl groups is 1. The Balaban J connectivity index is 1.48. The SMILES string of the molecule is COc1ccc(CNC(=O)N[C@@H](Cc2ccccc2)[C@H](O)C(=O)N2CSC(C)(C)[C@H]2C(=O)NCc2ccccc2C)cc1OC. The van der Waals surface area contributed by atoms with Crippen molar-refractivity contribution in [1.82, 2.24) is 20.9 Å². The average molecular weight is 635 g/mol. The summed E-state index contributed by atoms with van der Waals surface area (Å²) >= 11 is 1.47. The van der Waals surface area contributed by atoms with Gasteiger partial charge in [-0.2, -0.15) is 0 Å². The smallest absolute Gasteiger partial charge is 0.315 e. The minimum atomic E-state index is -1.60. The van der Waals surface area contributed by atoms with Gasteiger partial charge in [-0.25, -0.2) is 4.79 Å². The number of ether oxygens (including phenoxy) is 2. The first-order valence-corrected chi connectivity index (χ1v) is 15.8. The Bertz CT molecular complexity index is 1480. The van der Waals surface area contributed by atoms with E-state index in [0.717, 1.165) is 22.3 Å². The number of carbonyl (C=O) groups is 3. The maximum absolute atomic E-state index is 13.9. The number of nitrogens with zero attached hydrogens (tertiary/aromatic N) is 1. The normalized spacial score (nSPS) is 16.8. The second-order valence-corrected chi connectivity index (χ2v) is 13.1. The average Bonchev–Trinajstić information content (AvgIpc) is 3.37. The van der Waals surface area contributed by atoms with Crippen molar-refractivity contribution in [3.05, 3.63) is 95.1 Å². The number of thioether (sulfide) groups is 1.